The van der Waals surface area contributed by atoms with E-state index in [0.29, 0.717) is 28.4 Å². The van der Waals surface area contributed by atoms with E-state index in [4.69, 9.17) is 14.2 Å². The quantitative estimate of drug-likeness (QED) is 0.775. The van der Waals surface area contributed by atoms with Crippen LogP contribution in [0.2, 0.25) is 0 Å². The minimum Gasteiger partial charge on any atom is -0.493 e. The number of amides is 2. The first-order valence-corrected chi connectivity index (χ1v) is 8.04. The molecule has 0 aliphatic carbocycles. The normalized spacial score (nSPS) is 10.2. The lowest BCUT2D eigenvalue weighted by Gasteiger charge is -2.12. The van der Waals surface area contributed by atoms with E-state index in [1.807, 2.05) is 13.8 Å². The summed E-state index contributed by atoms with van der Waals surface area (Å²) in [4.78, 5) is 24.4. The number of benzene rings is 2. The molecule has 2 amide bonds. The first-order valence-electron chi connectivity index (χ1n) is 8.04. The average molecular weight is 358 g/mol. The minimum atomic E-state index is -0.478. The highest BCUT2D eigenvalue weighted by molar-refractivity contribution is 5.99. The van der Waals surface area contributed by atoms with Crippen LogP contribution in [0.4, 0.5) is 0 Å². The maximum Gasteiger partial charge on any atom is 0.269 e. The Morgan fingerprint density at radius 2 is 1.46 bits per heavy atom. The molecule has 0 radical (unpaired) electrons. The largest absolute Gasteiger partial charge is 0.493 e. The predicted molar refractivity (Wildman–Crippen MR) is 96.7 cm³/mol. The van der Waals surface area contributed by atoms with E-state index in [9.17, 15) is 9.59 Å². The van der Waals surface area contributed by atoms with Gasteiger partial charge in [-0.1, -0.05) is 6.07 Å². The van der Waals surface area contributed by atoms with Gasteiger partial charge in [-0.2, -0.15) is 0 Å². The molecule has 0 bridgehead atoms. The monoisotopic (exact) mass is 358 g/mol. The molecule has 7 heteroatoms. The number of carbonyl (C=O) groups excluding carboxylic acids is 2. The second-order valence-corrected chi connectivity index (χ2v) is 5.67. The van der Waals surface area contributed by atoms with Crippen molar-refractivity contribution in [2.24, 2.45) is 0 Å². The van der Waals surface area contributed by atoms with Gasteiger partial charge in [-0.05, 0) is 50.2 Å². The highest BCUT2D eigenvalue weighted by Crippen LogP contribution is 2.27. The van der Waals surface area contributed by atoms with Crippen LogP contribution in [0.25, 0.3) is 0 Å². The number of hydrogen-bond donors (Lipinski definition) is 2. The third kappa shape index (κ3) is 4.89. The summed E-state index contributed by atoms with van der Waals surface area (Å²) in [5, 5.41) is 0. The molecule has 2 aromatic rings. The maximum absolute atomic E-state index is 12.2. The molecule has 0 saturated heterocycles. The van der Waals surface area contributed by atoms with Gasteiger partial charge in [0.05, 0.1) is 20.3 Å². The molecule has 7 nitrogen and oxygen atoms in total. The lowest BCUT2D eigenvalue weighted by molar-refractivity contribution is 0.0846. The van der Waals surface area contributed by atoms with Gasteiger partial charge in [-0.3, -0.25) is 20.4 Å². The van der Waals surface area contributed by atoms with Crippen molar-refractivity contribution in [1.82, 2.24) is 10.9 Å². The molecular weight excluding hydrogens is 336 g/mol. The maximum atomic E-state index is 12.2. The lowest BCUT2D eigenvalue weighted by Crippen LogP contribution is -2.41. The van der Waals surface area contributed by atoms with Gasteiger partial charge < -0.3 is 14.2 Å². The Labute approximate surface area is 152 Å². The molecule has 0 atom stereocenters. The molecule has 2 N–H and O–H groups in total. The van der Waals surface area contributed by atoms with Crippen molar-refractivity contribution in [2.75, 3.05) is 14.2 Å². The highest BCUT2D eigenvalue weighted by Gasteiger charge is 2.13. The van der Waals surface area contributed by atoms with Crippen molar-refractivity contribution in [1.29, 1.82) is 0 Å². The summed E-state index contributed by atoms with van der Waals surface area (Å²) in [6.07, 6.45) is -0.00179. The third-order valence-electron chi connectivity index (χ3n) is 3.40. The Morgan fingerprint density at radius 1 is 0.846 bits per heavy atom. The summed E-state index contributed by atoms with van der Waals surface area (Å²) in [5.41, 5.74) is 5.44. The van der Waals surface area contributed by atoms with Gasteiger partial charge in [-0.25, -0.2) is 0 Å². The zero-order chi connectivity index (χ0) is 19.1. The summed E-state index contributed by atoms with van der Waals surface area (Å²) >= 11 is 0. The molecule has 0 fully saturated rings. The van der Waals surface area contributed by atoms with Crippen molar-refractivity contribution in [3.8, 4) is 17.2 Å². The Morgan fingerprint density at radius 3 is 2.04 bits per heavy atom. The van der Waals surface area contributed by atoms with Crippen molar-refractivity contribution in [2.45, 2.75) is 20.0 Å². The number of methoxy groups -OCH3 is 2. The molecule has 0 aromatic heterocycles. The van der Waals surface area contributed by atoms with Crippen LogP contribution in [0.5, 0.6) is 17.2 Å². The van der Waals surface area contributed by atoms with Gasteiger partial charge in [0.25, 0.3) is 11.8 Å². The number of hydrazine groups is 1. The van der Waals surface area contributed by atoms with Gasteiger partial charge >= 0.3 is 0 Å². The second kappa shape index (κ2) is 8.75. The van der Waals surface area contributed by atoms with Gasteiger partial charge in [0.2, 0.25) is 0 Å². The number of carbonyl (C=O) groups is 2. The van der Waals surface area contributed by atoms with Gasteiger partial charge in [0.15, 0.2) is 11.5 Å². The molecule has 0 spiro atoms. The first-order chi connectivity index (χ1) is 12.4. The van der Waals surface area contributed by atoms with Crippen LogP contribution in [0, 0.1) is 0 Å². The molecule has 138 valence electrons. The summed E-state index contributed by atoms with van der Waals surface area (Å²) in [6.45, 7) is 3.80. The first kappa shape index (κ1) is 19.1. The van der Waals surface area contributed by atoms with E-state index < -0.39 is 11.8 Å². The Balaban J connectivity index is 2.02. The number of rotatable bonds is 6. The molecule has 0 saturated carbocycles. The molecule has 2 rings (SSSR count). The zero-order valence-electron chi connectivity index (χ0n) is 15.2. The second-order valence-electron chi connectivity index (χ2n) is 5.67. The van der Waals surface area contributed by atoms with E-state index in [1.54, 1.807) is 36.4 Å². The zero-order valence-corrected chi connectivity index (χ0v) is 15.2. The fourth-order valence-electron chi connectivity index (χ4n) is 2.22. The van der Waals surface area contributed by atoms with E-state index in [2.05, 4.69) is 10.9 Å². The predicted octanol–water partition coefficient (Wildman–Crippen LogP) is 2.57. The van der Waals surface area contributed by atoms with Gasteiger partial charge in [0.1, 0.15) is 5.75 Å². The fourth-order valence-corrected chi connectivity index (χ4v) is 2.22. The highest BCUT2D eigenvalue weighted by atomic mass is 16.5. The number of nitrogens with one attached hydrogen (secondary N) is 2. The summed E-state index contributed by atoms with van der Waals surface area (Å²) < 4.78 is 15.8. The molecule has 0 unspecified atom stereocenters. The van der Waals surface area contributed by atoms with E-state index in [-0.39, 0.29) is 6.10 Å². The van der Waals surface area contributed by atoms with Gasteiger partial charge in [-0.15, -0.1) is 0 Å². The Bertz CT molecular complexity index is 789. The third-order valence-corrected chi connectivity index (χ3v) is 3.40. The number of ether oxygens (including phenoxy) is 3. The van der Waals surface area contributed by atoms with Crippen LogP contribution in [0.15, 0.2) is 42.5 Å². The summed E-state index contributed by atoms with van der Waals surface area (Å²) in [6, 6.07) is 11.4. The molecule has 0 heterocycles. The van der Waals surface area contributed by atoms with E-state index >= 15 is 0 Å². The summed E-state index contributed by atoms with van der Waals surface area (Å²) in [7, 11) is 2.99. The van der Waals surface area contributed by atoms with Gasteiger partial charge in [0, 0.05) is 11.1 Å². The van der Waals surface area contributed by atoms with Crippen LogP contribution in [0.1, 0.15) is 34.6 Å². The van der Waals surface area contributed by atoms with Crippen LogP contribution >= 0.6 is 0 Å². The van der Waals surface area contributed by atoms with Crippen molar-refractivity contribution < 1.29 is 23.8 Å². The SMILES string of the molecule is COc1ccc(C(=O)NNC(=O)c2cccc(OC(C)C)c2)cc1OC. The Kier molecular flexibility index (Phi) is 6.43. The van der Waals surface area contributed by atoms with Crippen LogP contribution in [0.3, 0.4) is 0 Å². The van der Waals surface area contributed by atoms with Crippen molar-refractivity contribution in [3.63, 3.8) is 0 Å². The molecule has 0 aliphatic heterocycles. The Hall–Kier alpha value is -3.22. The molecule has 2 aromatic carbocycles. The van der Waals surface area contributed by atoms with Crippen LogP contribution < -0.4 is 25.1 Å². The fraction of sp³-hybridized carbons (Fsp3) is 0.263. The smallest absolute Gasteiger partial charge is 0.269 e. The van der Waals surface area contributed by atoms with E-state index in [1.165, 1.54) is 20.3 Å². The lowest BCUT2D eigenvalue weighted by atomic mass is 10.2. The molecule has 26 heavy (non-hydrogen) atoms. The average Bonchev–Trinajstić information content (AvgIpc) is 2.64. The van der Waals surface area contributed by atoms with E-state index in [0.717, 1.165) is 0 Å². The molecular formula is C19H22N2O5. The van der Waals surface area contributed by atoms with Crippen LogP contribution in [-0.4, -0.2) is 32.1 Å². The molecule has 0 aliphatic rings. The number of hydrogen-bond acceptors (Lipinski definition) is 5. The standard InChI is InChI=1S/C19H22N2O5/c1-12(2)26-15-7-5-6-13(10-15)18(22)20-21-19(23)14-8-9-16(24-3)17(11-14)25-4/h5-12H,1-4H3,(H,20,22)(H,21,23). The van der Waals surface area contributed by atoms with Crippen LogP contribution in [-0.2, 0) is 0 Å². The van der Waals surface area contributed by atoms with Crippen molar-refractivity contribution in [3.05, 3.63) is 53.6 Å². The van der Waals surface area contributed by atoms with Crippen molar-refractivity contribution >= 4 is 11.8 Å². The summed E-state index contributed by atoms with van der Waals surface area (Å²) in [5.74, 6) is 0.584. The minimum absolute atomic E-state index is 0.00179. The topological polar surface area (TPSA) is 85.9 Å².